The van der Waals surface area contributed by atoms with Crippen LogP contribution in [0.3, 0.4) is 0 Å². The summed E-state index contributed by atoms with van der Waals surface area (Å²) in [6.45, 7) is 4.18. The second-order valence-electron chi connectivity index (χ2n) is 18.2. The van der Waals surface area contributed by atoms with Gasteiger partial charge in [0.1, 0.15) is 24.4 Å². The minimum absolute atomic E-state index is 0.0532. The summed E-state index contributed by atoms with van der Waals surface area (Å²) in [5, 5.41) is 54.1. The fourth-order valence-corrected chi connectivity index (χ4v) is 7.79. The molecule has 1 saturated heterocycles. The summed E-state index contributed by atoms with van der Waals surface area (Å²) in [7, 11) is 0. The van der Waals surface area contributed by atoms with Crippen molar-refractivity contribution in [3.8, 4) is 0 Å². The molecular weight excluding hydrogens is 835 g/mol. The first-order valence-electron chi connectivity index (χ1n) is 26.6. The number of nitrogens with one attached hydrogen (secondary N) is 1. The molecule has 0 spiro atoms. The monoisotopic (exact) mass is 932 g/mol. The van der Waals surface area contributed by atoms with E-state index in [2.05, 4.69) is 67.8 Å². The topological polar surface area (TPSA) is 175 Å². The number of carbonyl (C=O) groups is 2. The van der Waals surface area contributed by atoms with Crippen molar-refractivity contribution in [2.45, 2.75) is 256 Å². The molecule has 66 heavy (non-hydrogen) atoms. The maximum atomic E-state index is 13.0. The Morgan fingerprint density at radius 1 is 0.561 bits per heavy atom. The Labute approximate surface area is 401 Å². The van der Waals surface area contributed by atoms with Gasteiger partial charge in [0.2, 0.25) is 5.91 Å². The number of rotatable bonds is 44. The molecule has 1 aliphatic rings. The van der Waals surface area contributed by atoms with E-state index in [1.165, 1.54) is 83.5 Å². The van der Waals surface area contributed by atoms with Crippen molar-refractivity contribution in [2.75, 3.05) is 19.8 Å². The Hall–Kier alpha value is -2.64. The molecule has 11 nitrogen and oxygen atoms in total. The molecule has 1 fully saturated rings. The van der Waals surface area contributed by atoms with E-state index in [0.29, 0.717) is 19.4 Å². The molecule has 1 amide bonds. The average molecular weight is 932 g/mol. The quantitative estimate of drug-likeness (QED) is 0.0149. The number of unbranched alkanes of at least 4 members (excludes halogenated alkanes) is 23. The van der Waals surface area contributed by atoms with Crippen LogP contribution in [0.2, 0.25) is 0 Å². The number of allylic oxidation sites excluding steroid dienone is 9. The molecule has 1 heterocycles. The van der Waals surface area contributed by atoms with E-state index in [0.717, 1.165) is 103 Å². The molecule has 1 aliphatic heterocycles. The number of esters is 1. The molecule has 0 radical (unpaired) electrons. The number of aliphatic hydroxyl groups excluding tert-OH is 5. The van der Waals surface area contributed by atoms with Crippen LogP contribution in [0, 0.1) is 0 Å². The summed E-state index contributed by atoms with van der Waals surface area (Å²) >= 11 is 0. The summed E-state index contributed by atoms with van der Waals surface area (Å²) in [6.07, 6.45) is 45.9. The predicted molar refractivity (Wildman–Crippen MR) is 269 cm³/mol. The normalized spacial score (nSPS) is 20.1. The predicted octanol–water partition coefficient (Wildman–Crippen LogP) is 11.1. The van der Waals surface area contributed by atoms with Crippen molar-refractivity contribution < 1.29 is 49.3 Å². The van der Waals surface area contributed by atoms with E-state index in [4.69, 9.17) is 14.2 Å². The maximum absolute atomic E-state index is 13.0. The van der Waals surface area contributed by atoms with E-state index < -0.39 is 49.5 Å². The highest BCUT2D eigenvalue weighted by Crippen LogP contribution is 2.22. The van der Waals surface area contributed by atoms with Crippen LogP contribution < -0.4 is 5.32 Å². The molecule has 1 rings (SSSR count). The van der Waals surface area contributed by atoms with E-state index >= 15 is 0 Å². The summed E-state index contributed by atoms with van der Waals surface area (Å²) in [6, 6.07) is -0.844. The van der Waals surface area contributed by atoms with Crippen LogP contribution >= 0.6 is 0 Å². The van der Waals surface area contributed by atoms with Crippen molar-refractivity contribution in [1.29, 1.82) is 0 Å². The summed E-state index contributed by atoms with van der Waals surface area (Å²) < 4.78 is 16.6. The Balaban J connectivity index is 2.20. The fourth-order valence-electron chi connectivity index (χ4n) is 7.79. The van der Waals surface area contributed by atoms with Crippen LogP contribution in [0.25, 0.3) is 0 Å². The molecule has 382 valence electrons. The lowest BCUT2D eigenvalue weighted by molar-refractivity contribution is -0.302. The first kappa shape index (κ1) is 61.4. The van der Waals surface area contributed by atoms with Crippen LogP contribution in [-0.4, -0.2) is 100 Å². The van der Waals surface area contributed by atoms with Gasteiger partial charge < -0.3 is 45.1 Å². The summed E-state index contributed by atoms with van der Waals surface area (Å²) in [4.78, 5) is 25.0. The molecule has 7 atom stereocenters. The first-order chi connectivity index (χ1) is 32.2. The van der Waals surface area contributed by atoms with Crippen LogP contribution in [0.15, 0.2) is 60.8 Å². The molecule has 0 aromatic carbocycles. The molecule has 6 N–H and O–H groups in total. The number of carbonyl (C=O) groups excluding carboxylic acids is 2. The van der Waals surface area contributed by atoms with Gasteiger partial charge in [-0.05, 0) is 103 Å². The number of hydrogen-bond acceptors (Lipinski definition) is 10. The second-order valence-corrected chi connectivity index (χ2v) is 18.2. The van der Waals surface area contributed by atoms with Gasteiger partial charge in [-0.15, -0.1) is 0 Å². The number of hydrogen-bond donors (Lipinski definition) is 6. The Morgan fingerprint density at radius 2 is 1.03 bits per heavy atom. The molecule has 0 aliphatic carbocycles. The Kier molecular flexibility index (Phi) is 41.7. The Morgan fingerprint density at radius 3 is 1.62 bits per heavy atom. The number of ether oxygens (including phenoxy) is 3. The average Bonchev–Trinajstić information content (AvgIpc) is 3.31. The van der Waals surface area contributed by atoms with Gasteiger partial charge in [0.15, 0.2) is 6.29 Å². The third kappa shape index (κ3) is 34.6. The summed E-state index contributed by atoms with van der Waals surface area (Å²) in [5.74, 6) is -0.271. The largest absolute Gasteiger partial charge is 0.466 e. The highest BCUT2D eigenvalue weighted by Gasteiger charge is 2.44. The van der Waals surface area contributed by atoms with Gasteiger partial charge in [-0.3, -0.25) is 9.59 Å². The number of amides is 1. The first-order valence-corrected chi connectivity index (χ1v) is 26.6. The van der Waals surface area contributed by atoms with E-state index in [1.54, 1.807) is 6.08 Å². The van der Waals surface area contributed by atoms with E-state index in [1.807, 2.05) is 6.08 Å². The Bertz CT molecular complexity index is 1280. The van der Waals surface area contributed by atoms with Gasteiger partial charge in [-0.25, -0.2) is 0 Å². The zero-order chi connectivity index (χ0) is 48.1. The molecule has 0 aromatic heterocycles. The standard InChI is InChI=1S/C55H97NO10/c1-3-5-7-9-11-13-15-23-27-31-35-39-43-51(60)64-44-40-36-32-28-24-20-18-16-17-19-22-26-30-34-38-42-50(59)56-47(46-65-55-54(63)53(62)52(61)49(45-57)66-55)48(58)41-37-33-29-25-21-14-12-10-8-6-4-2/h11,13,16,18,20-21,24-25,37,41,47-49,52-55,57-58,61-63H,3-10,12,14-15,17,19,22-23,26-36,38-40,42-46H2,1-2H3,(H,56,59)/b13-11-,18-16-,24-20-,25-21+,41-37+. The lowest BCUT2D eigenvalue weighted by Crippen LogP contribution is -2.60. The SMILES string of the molecule is CCCCC/C=C\CCCCCCCC(=O)OCCCCC/C=C\C=C/CCCCCCCCC(=O)NC(COC1OC(CO)C(O)C(O)C1O)C(O)/C=C/CC/C=C/CCCCCCC. The van der Waals surface area contributed by atoms with Gasteiger partial charge in [-0.2, -0.15) is 0 Å². The van der Waals surface area contributed by atoms with Gasteiger partial charge >= 0.3 is 5.97 Å². The highest BCUT2D eigenvalue weighted by atomic mass is 16.7. The zero-order valence-electron chi connectivity index (χ0n) is 41.6. The van der Waals surface area contributed by atoms with E-state index in [9.17, 15) is 35.1 Å². The number of aliphatic hydroxyl groups is 5. The third-order valence-electron chi connectivity index (χ3n) is 12.1. The van der Waals surface area contributed by atoms with Crippen molar-refractivity contribution >= 4 is 11.9 Å². The summed E-state index contributed by atoms with van der Waals surface area (Å²) in [5.41, 5.74) is 0. The van der Waals surface area contributed by atoms with Gasteiger partial charge in [-0.1, -0.05) is 158 Å². The minimum Gasteiger partial charge on any atom is -0.466 e. The van der Waals surface area contributed by atoms with Crippen LogP contribution in [0.4, 0.5) is 0 Å². The third-order valence-corrected chi connectivity index (χ3v) is 12.1. The van der Waals surface area contributed by atoms with Crippen LogP contribution in [0.5, 0.6) is 0 Å². The minimum atomic E-state index is -1.59. The lowest BCUT2D eigenvalue weighted by Gasteiger charge is -2.40. The molecule has 0 aromatic rings. The molecule has 0 saturated carbocycles. The van der Waals surface area contributed by atoms with Gasteiger partial charge in [0.05, 0.1) is 32.0 Å². The molecule has 7 unspecified atom stereocenters. The molecule has 0 bridgehead atoms. The lowest BCUT2D eigenvalue weighted by atomic mass is 9.99. The smallest absolute Gasteiger partial charge is 0.305 e. The maximum Gasteiger partial charge on any atom is 0.305 e. The van der Waals surface area contributed by atoms with Crippen molar-refractivity contribution in [3.05, 3.63) is 60.8 Å². The van der Waals surface area contributed by atoms with Crippen LogP contribution in [-0.2, 0) is 23.8 Å². The van der Waals surface area contributed by atoms with Crippen molar-refractivity contribution in [1.82, 2.24) is 5.32 Å². The molecule has 11 heteroatoms. The highest BCUT2D eigenvalue weighted by molar-refractivity contribution is 5.76. The fraction of sp³-hybridized carbons (Fsp3) is 0.782. The van der Waals surface area contributed by atoms with E-state index in [-0.39, 0.29) is 18.5 Å². The van der Waals surface area contributed by atoms with Crippen LogP contribution in [0.1, 0.15) is 213 Å². The van der Waals surface area contributed by atoms with Crippen molar-refractivity contribution in [2.24, 2.45) is 0 Å². The van der Waals surface area contributed by atoms with Gasteiger partial charge in [0.25, 0.3) is 0 Å². The van der Waals surface area contributed by atoms with Gasteiger partial charge in [0, 0.05) is 12.8 Å². The zero-order valence-corrected chi connectivity index (χ0v) is 41.6. The van der Waals surface area contributed by atoms with Crippen molar-refractivity contribution in [3.63, 3.8) is 0 Å². The molecular formula is C55H97NO10. The second kappa shape index (κ2) is 44.8.